The van der Waals surface area contributed by atoms with Crippen molar-refractivity contribution < 1.29 is 14.3 Å². The maximum Gasteiger partial charge on any atom is 0.308 e. The molecule has 0 aliphatic carbocycles. The highest BCUT2D eigenvalue weighted by Crippen LogP contribution is 2.28. The number of carbonyl (C=O) groups excluding carboxylic acids is 1. The van der Waals surface area contributed by atoms with Gasteiger partial charge < -0.3 is 9.47 Å². The van der Waals surface area contributed by atoms with Gasteiger partial charge in [0.05, 0.1) is 24.7 Å². The van der Waals surface area contributed by atoms with Crippen molar-refractivity contribution in [2.75, 3.05) is 12.1 Å². The molecule has 0 aliphatic heterocycles. The molecule has 3 rings (SSSR count). The Bertz CT molecular complexity index is 885. The minimum Gasteiger partial charge on any atom is -0.493 e. The molecule has 27 heavy (non-hydrogen) atoms. The molecular formula is C22H20N2O3. The van der Waals surface area contributed by atoms with Crippen LogP contribution in [0.25, 0.3) is 0 Å². The van der Waals surface area contributed by atoms with Gasteiger partial charge in [-0.05, 0) is 48.0 Å². The molecule has 0 fully saturated rings. The number of esters is 1. The van der Waals surface area contributed by atoms with Gasteiger partial charge in [-0.25, -0.2) is 5.01 Å². The smallest absolute Gasteiger partial charge is 0.308 e. The number of carbonyl (C=O) groups is 1. The van der Waals surface area contributed by atoms with E-state index in [4.69, 9.17) is 9.47 Å². The van der Waals surface area contributed by atoms with Crippen molar-refractivity contribution in [2.24, 2.45) is 5.10 Å². The van der Waals surface area contributed by atoms with E-state index in [1.165, 1.54) is 14.0 Å². The van der Waals surface area contributed by atoms with Crippen LogP contribution in [0.2, 0.25) is 0 Å². The van der Waals surface area contributed by atoms with Gasteiger partial charge in [0.2, 0.25) is 0 Å². The predicted octanol–water partition coefficient (Wildman–Crippen LogP) is 4.79. The highest BCUT2D eigenvalue weighted by atomic mass is 16.6. The first-order valence-corrected chi connectivity index (χ1v) is 8.48. The zero-order chi connectivity index (χ0) is 19.1. The number of hydrogen-bond acceptors (Lipinski definition) is 5. The van der Waals surface area contributed by atoms with Gasteiger partial charge in [-0.3, -0.25) is 4.79 Å². The third-order valence-corrected chi connectivity index (χ3v) is 3.77. The average Bonchev–Trinajstić information content (AvgIpc) is 2.70. The molecule has 136 valence electrons. The van der Waals surface area contributed by atoms with E-state index < -0.39 is 5.97 Å². The van der Waals surface area contributed by atoms with E-state index >= 15 is 0 Å². The van der Waals surface area contributed by atoms with Crippen molar-refractivity contribution in [3.63, 3.8) is 0 Å². The van der Waals surface area contributed by atoms with Crippen molar-refractivity contribution in [1.29, 1.82) is 0 Å². The summed E-state index contributed by atoms with van der Waals surface area (Å²) in [6, 6.07) is 25.1. The Balaban J connectivity index is 1.92. The molecule has 3 aromatic carbocycles. The molecule has 0 aromatic heterocycles. The molecule has 0 saturated carbocycles. The maximum atomic E-state index is 11.2. The number of hydrogen-bond donors (Lipinski definition) is 0. The van der Waals surface area contributed by atoms with Crippen LogP contribution < -0.4 is 14.5 Å². The Labute approximate surface area is 158 Å². The van der Waals surface area contributed by atoms with E-state index in [-0.39, 0.29) is 0 Å². The van der Waals surface area contributed by atoms with Crippen LogP contribution in [0.5, 0.6) is 11.5 Å². The van der Waals surface area contributed by atoms with Gasteiger partial charge in [0, 0.05) is 6.92 Å². The van der Waals surface area contributed by atoms with Crippen LogP contribution in [-0.4, -0.2) is 19.3 Å². The van der Waals surface area contributed by atoms with E-state index in [9.17, 15) is 4.79 Å². The molecule has 0 radical (unpaired) electrons. The largest absolute Gasteiger partial charge is 0.493 e. The molecule has 0 heterocycles. The number of para-hydroxylation sites is 2. The lowest BCUT2D eigenvalue weighted by Crippen LogP contribution is -2.09. The Kier molecular flexibility index (Phi) is 5.84. The fraction of sp³-hybridized carbons (Fsp3) is 0.0909. The number of methoxy groups -OCH3 is 1. The lowest BCUT2D eigenvalue weighted by atomic mass is 10.2. The topological polar surface area (TPSA) is 51.1 Å². The zero-order valence-electron chi connectivity index (χ0n) is 15.2. The second-order valence-electron chi connectivity index (χ2n) is 5.73. The molecule has 0 spiro atoms. The molecule has 0 N–H and O–H groups in total. The van der Waals surface area contributed by atoms with E-state index in [2.05, 4.69) is 5.10 Å². The van der Waals surface area contributed by atoms with Gasteiger partial charge in [0.1, 0.15) is 0 Å². The third kappa shape index (κ3) is 4.73. The molecule has 3 aromatic rings. The first-order chi connectivity index (χ1) is 13.2. The van der Waals surface area contributed by atoms with Crippen LogP contribution in [0.4, 0.5) is 11.4 Å². The third-order valence-electron chi connectivity index (χ3n) is 3.77. The fourth-order valence-corrected chi connectivity index (χ4v) is 2.55. The van der Waals surface area contributed by atoms with Gasteiger partial charge in [-0.1, -0.05) is 36.4 Å². The van der Waals surface area contributed by atoms with Gasteiger partial charge >= 0.3 is 5.97 Å². The van der Waals surface area contributed by atoms with Crippen molar-refractivity contribution in [2.45, 2.75) is 6.92 Å². The SMILES string of the molecule is COc1cc(/C=N\N(c2ccccc2)c2ccccc2)ccc1OC(C)=O. The molecule has 0 aliphatic rings. The van der Waals surface area contributed by atoms with Gasteiger partial charge in [0.25, 0.3) is 0 Å². The maximum absolute atomic E-state index is 11.2. The van der Waals surface area contributed by atoms with Crippen molar-refractivity contribution in [1.82, 2.24) is 0 Å². The Morgan fingerprint density at radius 3 is 2.00 bits per heavy atom. The summed E-state index contributed by atoms with van der Waals surface area (Å²) in [6.07, 6.45) is 1.74. The molecule has 0 unspecified atom stereocenters. The fourth-order valence-electron chi connectivity index (χ4n) is 2.55. The quantitative estimate of drug-likeness (QED) is 0.274. The highest BCUT2D eigenvalue weighted by Gasteiger charge is 2.09. The summed E-state index contributed by atoms with van der Waals surface area (Å²) in [4.78, 5) is 11.2. The average molecular weight is 360 g/mol. The van der Waals surface area contributed by atoms with Crippen LogP contribution in [0.1, 0.15) is 12.5 Å². The first kappa shape index (κ1) is 18.2. The van der Waals surface area contributed by atoms with Crippen molar-refractivity contribution in [3.8, 4) is 11.5 Å². The molecule has 0 atom stereocenters. The van der Waals surface area contributed by atoms with E-state index in [0.717, 1.165) is 16.9 Å². The predicted molar refractivity (Wildman–Crippen MR) is 107 cm³/mol. The monoisotopic (exact) mass is 360 g/mol. The highest BCUT2D eigenvalue weighted by molar-refractivity contribution is 5.83. The van der Waals surface area contributed by atoms with Crippen molar-refractivity contribution >= 4 is 23.6 Å². The summed E-state index contributed by atoms with van der Waals surface area (Å²) >= 11 is 0. The van der Waals surface area contributed by atoms with Crippen LogP contribution in [0, 0.1) is 0 Å². The summed E-state index contributed by atoms with van der Waals surface area (Å²) in [5, 5.41) is 6.50. The number of nitrogens with zero attached hydrogens (tertiary/aromatic N) is 2. The molecule has 5 nitrogen and oxygen atoms in total. The van der Waals surface area contributed by atoms with Crippen molar-refractivity contribution in [3.05, 3.63) is 84.4 Å². The molecule has 5 heteroatoms. The van der Waals surface area contributed by atoms with Gasteiger partial charge in [0.15, 0.2) is 11.5 Å². The lowest BCUT2D eigenvalue weighted by molar-refractivity contribution is -0.132. The zero-order valence-corrected chi connectivity index (χ0v) is 15.2. The number of ether oxygens (including phenoxy) is 2. The Morgan fingerprint density at radius 1 is 0.889 bits per heavy atom. The van der Waals surface area contributed by atoms with Gasteiger partial charge in [-0.2, -0.15) is 5.10 Å². The summed E-state index contributed by atoms with van der Waals surface area (Å²) in [5.74, 6) is 0.458. The minimum atomic E-state index is -0.394. The van der Waals surface area contributed by atoms with E-state index in [0.29, 0.717) is 11.5 Å². The Morgan fingerprint density at radius 2 is 1.48 bits per heavy atom. The second kappa shape index (κ2) is 8.67. The normalized spacial score (nSPS) is 10.6. The summed E-state index contributed by atoms with van der Waals surface area (Å²) in [5.41, 5.74) is 2.71. The summed E-state index contributed by atoms with van der Waals surface area (Å²) in [6.45, 7) is 1.35. The van der Waals surface area contributed by atoms with E-state index in [1.807, 2.05) is 71.7 Å². The lowest BCUT2D eigenvalue weighted by Gasteiger charge is -2.19. The first-order valence-electron chi connectivity index (χ1n) is 8.48. The van der Waals surface area contributed by atoms with Crippen LogP contribution in [0.15, 0.2) is 84.0 Å². The molecule has 0 saturated heterocycles. The number of anilines is 2. The van der Waals surface area contributed by atoms with Gasteiger partial charge in [-0.15, -0.1) is 0 Å². The molecule has 0 amide bonds. The number of benzene rings is 3. The molecular weight excluding hydrogens is 340 g/mol. The Hall–Kier alpha value is -3.60. The van der Waals surface area contributed by atoms with Crippen LogP contribution in [0.3, 0.4) is 0 Å². The molecule has 0 bridgehead atoms. The van der Waals surface area contributed by atoms with E-state index in [1.54, 1.807) is 18.3 Å². The summed E-state index contributed by atoms with van der Waals surface area (Å²) in [7, 11) is 1.53. The standard InChI is InChI=1S/C22H20N2O3/c1-17(25)27-21-14-13-18(15-22(21)26-2)16-23-24(19-9-5-3-6-10-19)20-11-7-4-8-12-20/h3-16H,1-2H3/b23-16-. The summed E-state index contributed by atoms with van der Waals surface area (Å²) < 4.78 is 10.4. The number of rotatable bonds is 6. The second-order valence-corrected chi connectivity index (χ2v) is 5.73. The van der Waals surface area contributed by atoms with Crippen LogP contribution in [-0.2, 0) is 4.79 Å². The number of hydrazone groups is 1. The van der Waals surface area contributed by atoms with Crippen LogP contribution >= 0.6 is 0 Å². The minimum absolute atomic E-state index is 0.380.